The van der Waals surface area contributed by atoms with Gasteiger partial charge in [-0.05, 0) is 93.5 Å². The Hall–Kier alpha value is -8.59. The first kappa shape index (κ1) is 62.9. The van der Waals surface area contributed by atoms with Crippen LogP contribution in [0.5, 0.6) is 0 Å². The van der Waals surface area contributed by atoms with Gasteiger partial charge in [0.05, 0.1) is 6.04 Å². The van der Waals surface area contributed by atoms with Gasteiger partial charge in [-0.1, -0.05) is 18.2 Å². The number of primary amides is 2. The summed E-state index contributed by atoms with van der Waals surface area (Å²) in [6.07, 6.45) is -2.26. The molecule has 2 aromatic carbocycles. The molecule has 19 N–H and O–H groups in total. The molecule has 1 saturated heterocycles. The lowest BCUT2D eigenvalue weighted by Crippen LogP contribution is -2.58. The molecule has 0 bridgehead atoms. The first-order valence-corrected chi connectivity index (χ1v) is 25.6. The number of hydrogen-bond acceptors (Lipinski definition) is 12. The molecule has 3 aromatic rings. The summed E-state index contributed by atoms with van der Waals surface area (Å²) in [4.78, 5) is 148. The maximum absolute atomic E-state index is 14.7. The zero-order valence-corrected chi connectivity index (χ0v) is 43.7. The maximum atomic E-state index is 14.7. The number of ketones is 2. The van der Waals surface area contributed by atoms with Crippen LogP contribution in [0.1, 0.15) is 95.1 Å². The number of amides is 8. The summed E-state index contributed by atoms with van der Waals surface area (Å²) in [5.41, 5.74) is 34.1. The molecule has 1 aromatic heterocycles. The van der Waals surface area contributed by atoms with Crippen molar-refractivity contribution in [1.29, 1.82) is 0 Å². The van der Waals surface area contributed by atoms with Crippen LogP contribution in [0.15, 0.2) is 52.6 Å². The molecule has 7 atom stereocenters. The molecule has 8 amide bonds. The second-order valence-electron chi connectivity index (χ2n) is 19.2. The Labute approximate surface area is 452 Å². The number of aliphatic imine (C=N–C) groups is 2. The monoisotopic (exact) mass is 1110 g/mol. The van der Waals surface area contributed by atoms with E-state index in [1.807, 2.05) is 0 Å². The lowest BCUT2D eigenvalue weighted by molar-refractivity contribution is -0.135. The molecule has 430 valence electrons. The molecule has 4 rings (SSSR count). The predicted molar refractivity (Wildman–Crippen MR) is 283 cm³/mol. The Balaban J connectivity index is 1.83. The minimum absolute atomic E-state index is 0.0201. The van der Waals surface area contributed by atoms with Crippen LogP contribution in [0.4, 0.5) is 13.2 Å². The van der Waals surface area contributed by atoms with Crippen molar-refractivity contribution >= 4 is 81.6 Å². The van der Waals surface area contributed by atoms with E-state index in [0.29, 0.717) is 28.6 Å². The van der Waals surface area contributed by atoms with Gasteiger partial charge in [-0.15, -0.1) is 0 Å². The van der Waals surface area contributed by atoms with E-state index < -0.39 is 150 Å². The quantitative estimate of drug-likeness (QED) is 0.0282. The highest BCUT2D eigenvalue weighted by atomic mass is 19.2. The molecular formula is C51H70F3N15O10. The highest BCUT2D eigenvalue weighted by Gasteiger charge is 2.36. The number of fused-ring (bicyclic) bond motifs is 1. The lowest BCUT2D eigenvalue weighted by atomic mass is 9.83. The van der Waals surface area contributed by atoms with Gasteiger partial charge in [0.1, 0.15) is 30.0 Å². The van der Waals surface area contributed by atoms with Gasteiger partial charge in [0.2, 0.25) is 47.3 Å². The van der Waals surface area contributed by atoms with Gasteiger partial charge in [0, 0.05) is 81.2 Å². The highest BCUT2D eigenvalue weighted by Crippen LogP contribution is 2.27. The summed E-state index contributed by atoms with van der Waals surface area (Å²) in [5.74, 6) is -16.7. The van der Waals surface area contributed by atoms with Gasteiger partial charge in [-0.25, -0.2) is 13.2 Å². The SMILES string of the molecule is CC(=O)N[C@@H](CCCN=C(N)N)C(=O)N[C@H]1CCCNC(=O)CC[C@@H](C(N)=O)NC(=O)[C@H](Cc2c[nH]c3ccccc23)CC(=O)[C@H](CCCN=C(N)N)CC(=O)[C@@H](Cc2cc(F)c(F)c(F)c2)NC(=O)[C@H](CCC(N)=O)NC1=O. The zero-order chi connectivity index (χ0) is 58.3. The van der Waals surface area contributed by atoms with Gasteiger partial charge >= 0.3 is 0 Å². The molecule has 1 aliphatic heterocycles. The van der Waals surface area contributed by atoms with E-state index in [-0.39, 0.29) is 94.9 Å². The maximum Gasteiger partial charge on any atom is 0.243 e. The van der Waals surface area contributed by atoms with Crippen LogP contribution >= 0.6 is 0 Å². The molecule has 79 heavy (non-hydrogen) atoms. The number of guanidine groups is 2. The van der Waals surface area contributed by atoms with E-state index in [1.165, 1.54) is 0 Å². The Morgan fingerprint density at radius 2 is 1.39 bits per heavy atom. The van der Waals surface area contributed by atoms with Crippen molar-refractivity contribution in [2.24, 2.45) is 56.2 Å². The third kappa shape index (κ3) is 21.0. The second-order valence-corrected chi connectivity index (χ2v) is 19.2. The largest absolute Gasteiger partial charge is 0.370 e. The number of nitrogens with zero attached hydrogens (tertiary/aromatic N) is 2. The normalized spacial score (nSPS) is 20.8. The number of H-pyrrole nitrogens is 1. The van der Waals surface area contributed by atoms with Crippen LogP contribution in [0.3, 0.4) is 0 Å². The van der Waals surface area contributed by atoms with Gasteiger partial charge in [-0.2, -0.15) is 0 Å². The Morgan fingerprint density at radius 1 is 0.747 bits per heavy atom. The van der Waals surface area contributed by atoms with E-state index in [9.17, 15) is 61.1 Å². The van der Waals surface area contributed by atoms with E-state index in [0.717, 1.165) is 6.92 Å². The number of aromatic nitrogens is 1. The summed E-state index contributed by atoms with van der Waals surface area (Å²) in [6.45, 7) is 1.05. The number of hydrogen-bond donors (Lipinski definition) is 13. The van der Waals surface area contributed by atoms with Crippen LogP contribution in [-0.2, 0) is 60.8 Å². The fourth-order valence-electron chi connectivity index (χ4n) is 8.88. The molecule has 28 heteroatoms. The molecule has 1 fully saturated rings. The van der Waals surface area contributed by atoms with Crippen molar-refractivity contribution in [3.8, 4) is 0 Å². The first-order chi connectivity index (χ1) is 37.4. The van der Waals surface area contributed by atoms with Gasteiger partial charge in [-0.3, -0.25) is 57.9 Å². The average molecular weight is 1110 g/mol. The molecule has 0 spiro atoms. The summed E-state index contributed by atoms with van der Waals surface area (Å²) >= 11 is 0. The molecule has 0 unspecified atom stereocenters. The number of carbonyl (C=O) groups excluding carboxylic acids is 10. The topological polar surface area (TPSA) is 440 Å². The molecule has 1 aliphatic rings. The minimum atomic E-state index is -1.83. The fraction of sp³-hybridized carbons (Fsp3) is 0.490. The fourth-order valence-corrected chi connectivity index (χ4v) is 8.88. The van der Waals surface area contributed by atoms with Crippen LogP contribution in [0.25, 0.3) is 10.9 Å². The van der Waals surface area contributed by atoms with Crippen molar-refractivity contribution in [2.75, 3.05) is 19.6 Å². The minimum Gasteiger partial charge on any atom is -0.370 e. The third-order valence-electron chi connectivity index (χ3n) is 13.0. The highest BCUT2D eigenvalue weighted by molar-refractivity contribution is 5.98. The lowest BCUT2D eigenvalue weighted by Gasteiger charge is -2.27. The smallest absolute Gasteiger partial charge is 0.243 e. The van der Waals surface area contributed by atoms with Crippen LogP contribution in [0, 0.1) is 29.3 Å². The number of carbonyl (C=O) groups is 10. The number of nitrogens with two attached hydrogens (primary N) is 6. The van der Waals surface area contributed by atoms with E-state index in [2.05, 4.69) is 46.9 Å². The molecule has 0 aliphatic carbocycles. The van der Waals surface area contributed by atoms with E-state index >= 15 is 0 Å². The summed E-state index contributed by atoms with van der Waals surface area (Å²) in [5, 5.41) is 15.9. The van der Waals surface area contributed by atoms with Gasteiger partial charge < -0.3 is 71.3 Å². The second kappa shape index (κ2) is 31.0. The Kier molecular flexibility index (Phi) is 24.7. The molecule has 25 nitrogen and oxygen atoms in total. The summed E-state index contributed by atoms with van der Waals surface area (Å²) < 4.78 is 43.7. The van der Waals surface area contributed by atoms with E-state index in [4.69, 9.17) is 34.4 Å². The molecule has 2 heterocycles. The molecular weight excluding hydrogens is 1040 g/mol. The Morgan fingerprint density at radius 3 is 2.04 bits per heavy atom. The third-order valence-corrected chi connectivity index (χ3v) is 13.0. The van der Waals surface area contributed by atoms with Crippen LogP contribution in [-0.4, -0.2) is 126 Å². The molecule has 0 radical (unpaired) electrons. The van der Waals surface area contributed by atoms with Crippen molar-refractivity contribution in [2.45, 2.75) is 127 Å². The zero-order valence-electron chi connectivity index (χ0n) is 43.7. The number of aromatic amines is 1. The standard InChI is InChI=1S/C51H70F3N15O10/c1-26(70)65-36(10-6-18-63-51(59)60)47(77)67-37-11-5-16-61-43(74)15-13-35(45(56)75)66-46(76)29(22-30-25-64-34-9-3-2-8-31(30)34)24-40(71)28(7-4-17-62-50(57)58)23-41(72)39(21-27-19-32(52)44(54)33(53)20-27)69-49(79)38(68-48(37)78)12-14-42(55)73/h2-3,8-9,19-20,25,28-29,35-39,64H,4-7,10-18,21-24H2,1H3,(H2,55,73)(H2,56,75)(H,61,74)(H,65,70)(H,66,76)(H,67,77)(H,68,78)(H,69,79)(H4,57,58,62)(H4,59,60,63)/t28-,29-,35+,36+,37+,38+,39-/m1/s1. The number of para-hydroxylation sites is 1. The number of halogens is 3. The average Bonchev–Trinajstić information content (AvgIpc) is 3.80. The van der Waals surface area contributed by atoms with Gasteiger partial charge in [0.15, 0.2) is 35.2 Å². The van der Waals surface area contributed by atoms with Crippen molar-refractivity contribution in [3.05, 3.63) is 71.2 Å². The predicted octanol–water partition coefficient (Wildman–Crippen LogP) is -1.49. The first-order valence-electron chi connectivity index (χ1n) is 25.6. The van der Waals surface area contributed by atoms with Crippen molar-refractivity contribution in [3.63, 3.8) is 0 Å². The van der Waals surface area contributed by atoms with Crippen molar-refractivity contribution in [1.82, 2.24) is 36.9 Å². The van der Waals surface area contributed by atoms with Crippen molar-refractivity contribution < 1.29 is 61.1 Å². The number of Topliss-reactive ketones (excluding diaryl/α,β-unsaturated/α-hetero) is 2. The van der Waals surface area contributed by atoms with Crippen LogP contribution in [0.2, 0.25) is 0 Å². The summed E-state index contributed by atoms with van der Waals surface area (Å²) in [6, 6.07) is 0.552. The van der Waals surface area contributed by atoms with E-state index in [1.54, 1.807) is 30.5 Å². The number of nitrogens with one attached hydrogen (secondary N) is 7. The number of benzene rings is 2. The van der Waals surface area contributed by atoms with Gasteiger partial charge in [0.25, 0.3) is 0 Å². The van der Waals surface area contributed by atoms with Crippen LogP contribution < -0.4 is 66.3 Å². The molecule has 0 saturated carbocycles. The summed E-state index contributed by atoms with van der Waals surface area (Å²) in [7, 11) is 0. The number of rotatable bonds is 19. The Bertz CT molecular complexity index is 2740.